The number of hydrogen-bond acceptors (Lipinski definition) is 5. The molecule has 2 N–H and O–H groups in total. The van der Waals surface area contributed by atoms with Crippen molar-refractivity contribution in [1.82, 2.24) is 10.3 Å². The van der Waals surface area contributed by atoms with E-state index in [2.05, 4.69) is 15.6 Å². The number of rotatable bonds is 8. The molecule has 0 bridgehead atoms. The van der Waals surface area contributed by atoms with Crippen LogP contribution in [0.2, 0.25) is 5.02 Å². The number of halogens is 1. The van der Waals surface area contributed by atoms with Gasteiger partial charge in [0.15, 0.2) is 0 Å². The number of pyridine rings is 1. The van der Waals surface area contributed by atoms with E-state index in [4.69, 9.17) is 11.6 Å². The van der Waals surface area contributed by atoms with E-state index in [-0.39, 0.29) is 29.7 Å². The first-order valence-corrected chi connectivity index (χ1v) is 9.84. The third-order valence-corrected chi connectivity index (χ3v) is 4.84. The third-order valence-electron chi connectivity index (χ3n) is 4.62. The van der Waals surface area contributed by atoms with E-state index in [9.17, 15) is 14.9 Å². The van der Waals surface area contributed by atoms with E-state index < -0.39 is 4.92 Å². The molecule has 0 saturated carbocycles. The molecule has 0 aliphatic carbocycles. The van der Waals surface area contributed by atoms with Crippen LogP contribution in [-0.2, 0) is 6.54 Å². The minimum absolute atomic E-state index is 0.175. The Kier molecular flexibility index (Phi) is 6.98. The van der Waals surface area contributed by atoms with Gasteiger partial charge in [-0.1, -0.05) is 48.9 Å². The van der Waals surface area contributed by atoms with Gasteiger partial charge in [-0.3, -0.25) is 19.9 Å². The molecular formula is C22H21ClN4O3. The summed E-state index contributed by atoms with van der Waals surface area (Å²) < 4.78 is 0. The molecule has 0 aliphatic rings. The largest absolute Gasteiger partial charge is 0.374 e. The average molecular weight is 425 g/mol. The Morgan fingerprint density at radius 2 is 1.93 bits per heavy atom. The molecule has 3 rings (SSSR count). The lowest BCUT2D eigenvalue weighted by Crippen LogP contribution is -2.28. The standard InChI is InChI=1S/C22H21ClN4O3/c1-2-19(15-6-4-3-5-7-15)26-22(28)16-8-11-20(21(12-16)27(29)30)25-14-18-10-9-17(23)13-24-18/h3-13,19,25H,2,14H2,1H3,(H,26,28). The number of aromatic nitrogens is 1. The number of benzene rings is 2. The van der Waals surface area contributed by atoms with Crippen molar-refractivity contribution >= 4 is 28.9 Å². The topological polar surface area (TPSA) is 97.2 Å². The lowest BCUT2D eigenvalue weighted by molar-refractivity contribution is -0.384. The maximum absolute atomic E-state index is 12.7. The van der Waals surface area contributed by atoms with Crippen molar-refractivity contribution < 1.29 is 9.72 Å². The van der Waals surface area contributed by atoms with Gasteiger partial charge in [0.2, 0.25) is 0 Å². The minimum Gasteiger partial charge on any atom is -0.374 e. The number of nitrogens with one attached hydrogen (secondary N) is 2. The second-order valence-corrected chi connectivity index (χ2v) is 7.09. The van der Waals surface area contributed by atoms with E-state index in [1.54, 1.807) is 18.2 Å². The van der Waals surface area contributed by atoms with E-state index in [0.717, 1.165) is 5.56 Å². The molecule has 3 aromatic rings. The summed E-state index contributed by atoms with van der Waals surface area (Å²) in [6.45, 7) is 2.26. The predicted octanol–water partition coefficient (Wildman–Crippen LogP) is 5.14. The smallest absolute Gasteiger partial charge is 0.293 e. The maximum Gasteiger partial charge on any atom is 0.293 e. The van der Waals surface area contributed by atoms with Crippen LogP contribution >= 0.6 is 11.6 Å². The second-order valence-electron chi connectivity index (χ2n) is 6.66. The maximum atomic E-state index is 12.7. The molecule has 8 heteroatoms. The van der Waals surface area contributed by atoms with E-state index in [1.807, 2.05) is 37.3 Å². The zero-order valence-corrected chi connectivity index (χ0v) is 17.1. The van der Waals surface area contributed by atoms with Crippen molar-refractivity contribution in [1.29, 1.82) is 0 Å². The molecule has 154 valence electrons. The lowest BCUT2D eigenvalue weighted by Gasteiger charge is -2.17. The molecule has 7 nitrogen and oxygen atoms in total. The molecule has 1 atom stereocenters. The normalized spacial score (nSPS) is 11.5. The Hall–Kier alpha value is -3.45. The first kappa shape index (κ1) is 21.3. The molecule has 0 saturated heterocycles. The van der Waals surface area contributed by atoms with Crippen molar-refractivity contribution in [2.75, 3.05) is 5.32 Å². The molecular weight excluding hydrogens is 404 g/mol. The molecule has 1 heterocycles. The molecule has 0 radical (unpaired) electrons. The van der Waals surface area contributed by atoms with Gasteiger partial charge in [-0.25, -0.2) is 0 Å². The van der Waals surface area contributed by atoms with Crippen LogP contribution in [0.4, 0.5) is 11.4 Å². The Balaban J connectivity index is 1.75. The summed E-state index contributed by atoms with van der Waals surface area (Å²) in [5.41, 5.74) is 2.03. The summed E-state index contributed by atoms with van der Waals surface area (Å²) in [6.07, 6.45) is 2.21. The molecule has 0 spiro atoms. The van der Waals surface area contributed by atoms with Gasteiger partial charge >= 0.3 is 0 Å². The van der Waals surface area contributed by atoms with Crippen LogP contribution in [0, 0.1) is 10.1 Å². The second kappa shape index (κ2) is 9.84. The summed E-state index contributed by atoms with van der Waals surface area (Å²) in [5.74, 6) is -0.361. The summed E-state index contributed by atoms with van der Waals surface area (Å²) >= 11 is 5.82. The highest BCUT2D eigenvalue weighted by Gasteiger charge is 2.20. The fourth-order valence-corrected chi connectivity index (χ4v) is 3.13. The molecule has 1 aromatic heterocycles. The monoisotopic (exact) mass is 424 g/mol. The average Bonchev–Trinajstić information content (AvgIpc) is 2.77. The minimum atomic E-state index is -0.511. The first-order chi connectivity index (χ1) is 14.5. The van der Waals surface area contributed by atoms with Crippen molar-refractivity contribution in [2.24, 2.45) is 0 Å². The van der Waals surface area contributed by atoms with Crippen LogP contribution in [0.3, 0.4) is 0 Å². The van der Waals surface area contributed by atoms with Crippen LogP contribution in [0.1, 0.15) is 41.0 Å². The van der Waals surface area contributed by atoms with Crippen molar-refractivity contribution in [2.45, 2.75) is 25.9 Å². The summed E-state index contributed by atoms with van der Waals surface area (Å²) in [6, 6.07) is 17.2. The fraction of sp³-hybridized carbons (Fsp3) is 0.182. The Bertz CT molecular complexity index is 1030. The van der Waals surface area contributed by atoms with Crippen molar-refractivity contribution in [3.63, 3.8) is 0 Å². The molecule has 30 heavy (non-hydrogen) atoms. The van der Waals surface area contributed by atoms with E-state index in [1.165, 1.54) is 18.3 Å². The van der Waals surface area contributed by atoms with Crippen LogP contribution in [0.25, 0.3) is 0 Å². The quantitative estimate of drug-likeness (QED) is 0.385. The Morgan fingerprint density at radius 3 is 2.57 bits per heavy atom. The highest BCUT2D eigenvalue weighted by Crippen LogP contribution is 2.27. The highest BCUT2D eigenvalue weighted by atomic mass is 35.5. The zero-order valence-electron chi connectivity index (χ0n) is 16.3. The van der Waals surface area contributed by atoms with Crippen LogP contribution < -0.4 is 10.6 Å². The number of anilines is 1. The van der Waals surface area contributed by atoms with Crippen molar-refractivity contribution in [3.8, 4) is 0 Å². The van der Waals surface area contributed by atoms with Gasteiger partial charge in [-0.05, 0) is 36.2 Å². The van der Waals surface area contributed by atoms with E-state index in [0.29, 0.717) is 22.8 Å². The Labute approximate surface area is 179 Å². The third kappa shape index (κ3) is 5.33. The molecule has 2 aromatic carbocycles. The van der Waals surface area contributed by atoms with Gasteiger partial charge in [0, 0.05) is 17.8 Å². The number of hydrogen-bond donors (Lipinski definition) is 2. The lowest BCUT2D eigenvalue weighted by atomic mass is 10.0. The Morgan fingerprint density at radius 1 is 1.17 bits per heavy atom. The first-order valence-electron chi connectivity index (χ1n) is 9.46. The highest BCUT2D eigenvalue weighted by molar-refractivity contribution is 6.30. The van der Waals surface area contributed by atoms with Crippen LogP contribution in [-0.4, -0.2) is 15.8 Å². The van der Waals surface area contributed by atoms with Crippen LogP contribution in [0.5, 0.6) is 0 Å². The molecule has 1 amide bonds. The molecule has 0 fully saturated rings. The summed E-state index contributed by atoms with van der Waals surface area (Å²) in [5, 5.41) is 18.0. The number of carbonyl (C=O) groups excluding carboxylic acids is 1. The summed E-state index contributed by atoms with van der Waals surface area (Å²) in [7, 11) is 0. The molecule has 1 unspecified atom stereocenters. The van der Waals surface area contributed by atoms with Gasteiger partial charge in [-0.2, -0.15) is 0 Å². The number of nitro benzene ring substituents is 1. The van der Waals surface area contributed by atoms with Gasteiger partial charge in [0.05, 0.1) is 28.2 Å². The number of carbonyl (C=O) groups is 1. The molecule has 0 aliphatic heterocycles. The predicted molar refractivity (Wildman–Crippen MR) is 117 cm³/mol. The number of nitro groups is 1. The van der Waals surface area contributed by atoms with E-state index >= 15 is 0 Å². The van der Waals surface area contributed by atoms with Crippen molar-refractivity contribution in [3.05, 3.63) is 98.8 Å². The van der Waals surface area contributed by atoms with Gasteiger partial charge in [0.1, 0.15) is 5.69 Å². The van der Waals surface area contributed by atoms with Crippen LogP contribution in [0.15, 0.2) is 66.9 Å². The SMILES string of the molecule is CCC(NC(=O)c1ccc(NCc2ccc(Cl)cn2)c([N+](=O)[O-])c1)c1ccccc1. The van der Waals surface area contributed by atoms with Gasteiger partial charge < -0.3 is 10.6 Å². The number of nitrogens with zero attached hydrogens (tertiary/aromatic N) is 2. The fourth-order valence-electron chi connectivity index (χ4n) is 3.02. The zero-order chi connectivity index (χ0) is 21.5. The van der Waals surface area contributed by atoms with Gasteiger partial charge in [-0.15, -0.1) is 0 Å². The van der Waals surface area contributed by atoms with Gasteiger partial charge in [0.25, 0.3) is 11.6 Å². The summed E-state index contributed by atoms with van der Waals surface area (Å²) in [4.78, 5) is 27.9. The number of amides is 1.